The highest BCUT2D eigenvalue weighted by Gasteiger charge is 2.27. The summed E-state index contributed by atoms with van der Waals surface area (Å²) in [6, 6.07) is 9.08. The van der Waals surface area contributed by atoms with E-state index in [9.17, 15) is 0 Å². The number of hydrogen-bond donors (Lipinski definition) is 1. The first-order valence-corrected chi connectivity index (χ1v) is 8.30. The van der Waals surface area contributed by atoms with Gasteiger partial charge in [-0.2, -0.15) is 0 Å². The van der Waals surface area contributed by atoms with E-state index in [2.05, 4.69) is 43.2 Å². The number of rotatable bonds is 7. The summed E-state index contributed by atoms with van der Waals surface area (Å²) in [7, 11) is 2.21. The molecule has 1 N–H and O–H groups in total. The number of nitrogens with zero attached hydrogens (tertiary/aromatic N) is 1. The molecule has 1 aliphatic heterocycles. The Hall–Kier alpha value is -0.610. The average Bonchev–Trinajstić information content (AvgIpc) is 2.89. The Morgan fingerprint density at radius 3 is 2.90 bits per heavy atom. The number of nitrogens with one attached hydrogen (secondary N) is 1. The van der Waals surface area contributed by atoms with E-state index in [1.807, 2.05) is 12.1 Å². The predicted octanol–water partition coefficient (Wildman–Crippen LogP) is 3.49. The molecule has 0 bridgehead atoms. The van der Waals surface area contributed by atoms with E-state index in [-0.39, 0.29) is 0 Å². The monoisotopic (exact) mass is 310 g/mol. The van der Waals surface area contributed by atoms with E-state index in [1.165, 1.54) is 5.56 Å². The highest BCUT2D eigenvalue weighted by atomic mass is 35.5. The summed E-state index contributed by atoms with van der Waals surface area (Å²) in [5.74, 6) is 0. The average molecular weight is 311 g/mol. The molecule has 1 aromatic rings. The third kappa shape index (κ3) is 4.68. The van der Waals surface area contributed by atoms with E-state index in [1.54, 1.807) is 0 Å². The molecule has 21 heavy (non-hydrogen) atoms. The van der Waals surface area contributed by atoms with Crippen molar-refractivity contribution >= 4 is 11.6 Å². The lowest BCUT2D eigenvalue weighted by atomic mass is 10.0. The molecule has 3 atom stereocenters. The van der Waals surface area contributed by atoms with Gasteiger partial charge in [-0.05, 0) is 51.1 Å². The van der Waals surface area contributed by atoms with Gasteiger partial charge in [0.05, 0.1) is 6.10 Å². The van der Waals surface area contributed by atoms with Gasteiger partial charge in [-0.1, -0.05) is 30.7 Å². The molecule has 0 aliphatic carbocycles. The molecule has 0 spiro atoms. The molecular formula is C17H27ClN2O. The van der Waals surface area contributed by atoms with Crippen molar-refractivity contribution in [3.63, 3.8) is 0 Å². The zero-order valence-electron chi connectivity index (χ0n) is 13.3. The van der Waals surface area contributed by atoms with Crippen LogP contribution in [0.25, 0.3) is 0 Å². The van der Waals surface area contributed by atoms with Crippen LogP contribution in [0.3, 0.4) is 0 Å². The minimum atomic E-state index is 0.346. The largest absolute Gasteiger partial charge is 0.377 e. The molecule has 118 valence electrons. The maximum Gasteiger partial charge on any atom is 0.0702 e. The Morgan fingerprint density at radius 1 is 1.48 bits per heavy atom. The Bertz CT molecular complexity index is 441. The van der Waals surface area contributed by atoms with Crippen molar-refractivity contribution in [2.45, 2.75) is 44.9 Å². The summed E-state index contributed by atoms with van der Waals surface area (Å²) in [6.45, 7) is 7.23. The lowest BCUT2D eigenvalue weighted by Gasteiger charge is -2.28. The minimum absolute atomic E-state index is 0.346. The number of hydrogen-bond acceptors (Lipinski definition) is 3. The lowest BCUT2D eigenvalue weighted by molar-refractivity contribution is 0.0823. The molecule has 1 aromatic carbocycles. The fraction of sp³-hybridized carbons (Fsp3) is 0.647. The van der Waals surface area contributed by atoms with E-state index < -0.39 is 0 Å². The Labute approximate surface area is 133 Å². The molecule has 0 radical (unpaired) electrons. The number of likely N-dealkylation sites (N-methyl/N-ethyl adjacent to an activating group) is 1. The first-order valence-electron chi connectivity index (χ1n) is 7.92. The van der Waals surface area contributed by atoms with Gasteiger partial charge in [0, 0.05) is 30.3 Å². The second kappa shape index (κ2) is 8.14. The highest BCUT2D eigenvalue weighted by molar-refractivity contribution is 6.30. The smallest absolute Gasteiger partial charge is 0.0702 e. The van der Waals surface area contributed by atoms with Gasteiger partial charge in [-0.3, -0.25) is 0 Å². The topological polar surface area (TPSA) is 24.5 Å². The van der Waals surface area contributed by atoms with Crippen LogP contribution in [0.4, 0.5) is 0 Å². The van der Waals surface area contributed by atoms with E-state index >= 15 is 0 Å². The van der Waals surface area contributed by atoms with Crippen molar-refractivity contribution in [2.75, 3.05) is 26.7 Å². The van der Waals surface area contributed by atoms with Gasteiger partial charge in [0.15, 0.2) is 0 Å². The molecule has 4 heteroatoms. The van der Waals surface area contributed by atoms with Crippen LogP contribution in [-0.4, -0.2) is 43.8 Å². The highest BCUT2D eigenvalue weighted by Crippen LogP contribution is 2.23. The SMILES string of the molecule is CCNC(CCN(C)C1CCOC1C)c1cccc(Cl)c1. The molecule has 1 fully saturated rings. The van der Waals surface area contributed by atoms with Crippen molar-refractivity contribution in [1.29, 1.82) is 0 Å². The molecule has 3 unspecified atom stereocenters. The zero-order chi connectivity index (χ0) is 15.2. The summed E-state index contributed by atoms with van der Waals surface area (Å²) in [4.78, 5) is 2.44. The second-order valence-electron chi connectivity index (χ2n) is 5.87. The van der Waals surface area contributed by atoms with Gasteiger partial charge in [0.1, 0.15) is 0 Å². The standard InChI is InChI=1S/C17H27ClN2O/c1-4-19-16(14-6-5-7-15(18)12-14)8-10-20(3)17-9-11-21-13(17)2/h5-7,12-13,16-17,19H,4,8-11H2,1-3H3. The molecule has 1 saturated heterocycles. The first-order chi connectivity index (χ1) is 10.1. The quantitative estimate of drug-likeness (QED) is 0.834. The predicted molar refractivity (Wildman–Crippen MR) is 88.9 cm³/mol. The normalized spacial score (nSPS) is 23.7. The van der Waals surface area contributed by atoms with Gasteiger partial charge in [-0.25, -0.2) is 0 Å². The Balaban J connectivity index is 1.93. The van der Waals surface area contributed by atoms with Crippen LogP contribution in [0, 0.1) is 0 Å². The van der Waals surface area contributed by atoms with E-state index in [4.69, 9.17) is 16.3 Å². The van der Waals surface area contributed by atoms with E-state index in [0.29, 0.717) is 18.2 Å². The van der Waals surface area contributed by atoms with Gasteiger partial charge in [-0.15, -0.1) is 0 Å². The number of ether oxygens (including phenoxy) is 1. The third-order valence-electron chi connectivity index (χ3n) is 4.37. The van der Waals surface area contributed by atoms with Crippen molar-refractivity contribution in [2.24, 2.45) is 0 Å². The van der Waals surface area contributed by atoms with Gasteiger partial charge in [0.25, 0.3) is 0 Å². The third-order valence-corrected chi connectivity index (χ3v) is 4.61. The maximum atomic E-state index is 6.12. The van der Waals surface area contributed by atoms with Crippen molar-refractivity contribution in [3.05, 3.63) is 34.9 Å². The van der Waals surface area contributed by atoms with Gasteiger partial charge < -0.3 is 15.0 Å². The summed E-state index contributed by atoms with van der Waals surface area (Å²) < 4.78 is 5.67. The van der Waals surface area contributed by atoms with Crippen LogP contribution < -0.4 is 5.32 Å². The molecule has 0 aromatic heterocycles. The summed E-state index contributed by atoms with van der Waals surface area (Å²) in [5, 5.41) is 4.37. The number of benzene rings is 1. The Kier molecular flexibility index (Phi) is 6.49. The second-order valence-corrected chi connectivity index (χ2v) is 6.30. The summed E-state index contributed by atoms with van der Waals surface area (Å²) >= 11 is 6.12. The van der Waals surface area contributed by atoms with Crippen LogP contribution in [0.5, 0.6) is 0 Å². The van der Waals surface area contributed by atoms with Crippen molar-refractivity contribution in [3.8, 4) is 0 Å². The van der Waals surface area contributed by atoms with Gasteiger partial charge >= 0.3 is 0 Å². The fourth-order valence-electron chi connectivity index (χ4n) is 3.15. The van der Waals surface area contributed by atoms with Crippen LogP contribution in [0.15, 0.2) is 24.3 Å². The van der Waals surface area contributed by atoms with E-state index in [0.717, 1.165) is 37.6 Å². The molecule has 1 heterocycles. The fourth-order valence-corrected chi connectivity index (χ4v) is 3.35. The molecular weight excluding hydrogens is 284 g/mol. The first kappa shape index (κ1) is 16.8. The zero-order valence-corrected chi connectivity index (χ0v) is 14.1. The van der Waals surface area contributed by atoms with Crippen LogP contribution >= 0.6 is 11.6 Å². The van der Waals surface area contributed by atoms with Gasteiger partial charge in [0.2, 0.25) is 0 Å². The summed E-state index contributed by atoms with van der Waals surface area (Å²) in [6.07, 6.45) is 2.56. The Morgan fingerprint density at radius 2 is 2.29 bits per heavy atom. The molecule has 1 aliphatic rings. The minimum Gasteiger partial charge on any atom is -0.377 e. The van der Waals surface area contributed by atoms with Crippen molar-refractivity contribution < 1.29 is 4.74 Å². The number of halogens is 1. The van der Waals surface area contributed by atoms with Crippen molar-refractivity contribution in [1.82, 2.24) is 10.2 Å². The molecule has 2 rings (SSSR count). The van der Waals surface area contributed by atoms with Crippen LogP contribution in [0.1, 0.15) is 38.3 Å². The van der Waals surface area contributed by atoms with Crippen LogP contribution in [0.2, 0.25) is 5.02 Å². The molecule has 0 saturated carbocycles. The summed E-state index contributed by atoms with van der Waals surface area (Å²) in [5.41, 5.74) is 1.27. The lowest BCUT2D eigenvalue weighted by Crippen LogP contribution is -2.38. The molecule has 3 nitrogen and oxygen atoms in total. The maximum absolute atomic E-state index is 6.12. The van der Waals surface area contributed by atoms with Crippen LogP contribution in [-0.2, 0) is 4.74 Å². The molecule has 0 amide bonds.